The van der Waals surface area contributed by atoms with Crippen LogP contribution in [-0.4, -0.2) is 58.5 Å². The molecule has 7 heteroatoms. The topological polar surface area (TPSA) is 98.7 Å². The molecule has 0 spiro atoms. The second-order valence-electron chi connectivity index (χ2n) is 9.44. The molecule has 2 unspecified atom stereocenters. The van der Waals surface area contributed by atoms with Crippen molar-refractivity contribution < 1.29 is 29.3 Å². The molecule has 0 aliphatic carbocycles. The molecule has 31 heavy (non-hydrogen) atoms. The van der Waals surface area contributed by atoms with E-state index >= 15 is 0 Å². The molecule has 0 aromatic heterocycles. The van der Waals surface area contributed by atoms with Crippen LogP contribution >= 0.6 is 0 Å². The second-order valence-corrected chi connectivity index (χ2v) is 18.7. The zero-order chi connectivity index (χ0) is 25.1. The first-order valence-electron chi connectivity index (χ1n) is 11.6. The molecule has 0 saturated carbocycles. The van der Waals surface area contributed by atoms with Gasteiger partial charge in [0.1, 0.15) is 0 Å². The van der Waals surface area contributed by atoms with Crippen molar-refractivity contribution in [2.75, 3.05) is 13.2 Å². The van der Waals surface area contributed by atoms with E-state index in [1.54, 1.807) is 13.8 Å². The fraction of sp³-hybridized carbons (Fsp3) is 0.917. The summed E-state index contributed by atoms with van der Waals surface area (Å²) in [4.78, 5) is 20.7. The summed E-state index contributed by atoms with van der Waals surface area (Å²) in [5.74, 6) is -2.19. The van der Waals surface area contributed by atoms with Crippen molar-refractivity contribution in [2.45, 2.75) is 127 Å². The summed E-state index contributed by atoms with van der Waals surface area (Å²) in [6, 6.07) is 0. The molecule has 0 rings (SSSR count). The van der Waals surface area contributed by atoms with Crippen LogP contribution in [0.15, 0.2) is 0 Å². The molecule has 0 bridgehead atoms. The average molecular weight is 551 g/mol. The summed E-state index contributed by atoms with van der Waals surface area (Å²) >= 11 is -0.182. The van der Waals surface area contributed by atoms with Gasteiger partial charge in [-0.1, -0.05) is 39.5 Å². The Hall–Kier alpha value is -0.341. The van der Waals surface area contributed by atoms with Crippen molar-refractivity contribution in [3.63, 3.8) is 0 Å². The molecule has 6 nitrogen and oxygen atoms in total. The van der Waals surface area contributed by atoms with Crippen LogP contribution in [0.3, 0.4) is 0 Å². The molecule has 0 fully saturated rings. The number of hydrogen-bond acceptors (Lipinski definition) is 6. The SMILES string of the molecule is CCCCC(OCC)C(=O)[O-].CCCCC(OCC)C(=O)[O-].C[C](C)(C)[Sn+2][C](C)(C)C. The Morgan fingerprint density at radius 3 is 1.13 bits per heavy atom. The molecule has 0 aliphatic rings. The summed E-state index contributed by atoms with van der Waals surface area (Å²) < 4.78 is 11.2. The third-order valence-electron chi connectivity index (χ3n) is 3.65. The van der Waals surface area contributed by atoms with Crippen LogP contribution in [0.2, 0.25) is 6.86 Å². The molecular weight excluding hydrogens is 503 g/mol. The van der Waals surface area contributed by atoms with Crippen molar-refractivity contribution in [3.8, 4) is 0 Å². The van der Waals surface area contributed by atoms with E-state index in [9.17, 15) is 19.8 Å². The van der Waals surface area contributed by atoms with Crippen LogP contribution in [-0.2, 0) is 19.1 Å². The van der Waals surface area contributed by atoms with Crippen molar-refractivity contribution in [3.05, 3.63) is 0 Å². The maximum absolute atomic E-state index is 10.4. The Bertz CT molecular complexity index is 400. The van der Waals surface area contributed by atoms with Gasteiger partial charge in [-0.25, -0.2) is 0 Å². The number of rotatable bonds is 12. The molecule has 0 saturated heterocycles. The number of carbonyl (C=O) groups excluding carboxylic acids is 2. The van der Waals surface area contributed by atoms with E-state index in [-0.39, 0.29) is 21.1 Å². The van der Waals surface area contributed by atoms with Gasteiger partial charge in [0.05, 0.1) is 24.1 Å². The molecule has 0 aliphatic heterocycles. The first kappa shape index (κ1) is 35.3. The number of carboxylic acids is 2. The average Bonchev–Trinajstić information content (AvgIpc) is 2.59. The Labute approximate surface area is 202 Å². The first-order chi connectivity index (χ1) is 14.1. The summed E-state index contributed by atoms with van der Waals surface area (Å²) in [6.45, 7) is 22.6. The van der Waals surface area contributed by atoms with Gasteiger partial charge >= 0.3 is 69.5 Å². The maximum atomic E-state index is 10.4. The van der Waals surface area contributed by atoms with Crippen LogP contribution in [0.5, 0.6) is 0 Å². The molecule has 0 aromatic carbocycles. The molecule has 0 heterocycles. The number of aliphatic carboxylic acids is 2. The number of carboxylic acid groups (broad SMARTS) is 2. The molecular formula is C24H48O6Sn. The van der Waals surface area contributed by atoms with Gasteiger partial charge in [0.15, 0.2) is 0 Å². The van der Waals surface area contributed by atoms with Gasteiger partial charge in [-0.15, -0.1) is 0 Å². The zero-order valence-electron chi connectivity index (χ0n) is 21.8. The van der Waals surface area contributed by atoms with Crippen LogP contribution in [0.25, 0.3) is 0 Å². The number of hydrogen-bond donors (Lipinski definition) is 0. The quantitative estimate of drug-likeness (QED) is 0.343. The van der Waals surface area contributed by atoms with Crippen LogP contribution in [0.1, 0.15) is 108 Å². The van der Waals surface area contributed by atoms with Gasteiger partial charge < -0.3 is 29.3 Å². The Morgan fingerprint density at radius 1 is 0.710 bits per heavy atom. The number of ether oxygens (including phenoxy) is 2. The zero-order valence-corrected chi connectivity index (χ0v) is 24.6. The Morgan fingerprint density at radius 2 is 1.00 bits per heavy atom. The molecule has 0 amide bonds. The summed E-state index contributed by atoms with van der Waals surface area (Å²) in [7, 11) is 0. The van der Waals surface area contributed by atoms with Gasteiger partial charge in [0, 0.05) is 13.2 Å². The number of unbranched alkanes of at least 4 members (excludes halogenated alkanes) is 2. The van der Waals surface area contributed by atoms with Crippen molar-refractivity contribution >= 4 is 33.1 Å². The van der Waals surface area contributed by atoms with Gasteiger partial charge in [0.25, 0.3) is 0 Å². The monoisotopic (exact) mass is 552 g/mol. The first-order valence-corrected chi connectivity index (χ1v) is 14.4. The summed E-state index contributed by atoms with van der Waals surface area (Å²) in [5, 5.41) is 20.7. The van der Waals surface area contributed by atoms with Crippen molar-refractivity contribution in [2.24, 2.45) is 0 Å². The van der Waals surface area contributed by atoms with E-state index in [0.29, 0.717) is 32.9 Å². The van der Waals surface area contributed by atoms with E-state index < -0.39 is 24.1 Å². The van der Waals surface area contributed by atoms with E-state index in [1.165, 1.54) is 0 Å². The van der Waals surface area contributed by atoms with E-state index in [2.05, 4.69) is 41.5 Å². The minimum atomic E-state index is -1.10. The van der Waals surface area contributed by atoms with Gasteiger partial charge in [0.2, 0.25) is 0 Å². The fourth-order valence-electron chi connectivity index (χ4n) is 2.84. The van der Waals surface area contributed by atoms with Crippen LogP contribution in [0, 0.1) is 0 Å². The summed E-state index contributed by atoms with van der Waals surface area (Å²) in [5.41, 5.74) is 0. The molecule has 0 radical (unpaired) electrons. The van der Waals surface area contributed by atoms with Crippen LogP contribution in [0.4, 0.5) is 0 Å². The van der Waals surface area contributed by atoms with E-state index in [1.807, 2.05) is 13.8 Å². The molecule has 184 valence electrons. The Balaban J connectivity index is -0.000000382. The standard InChI is InChI=1S/2C8H16O3.2C4H9.Sn/c2*1-3-5-6-7(8(9)10)11-4-2;2*1-4(2)3;/h2*7H,3-6H2,1-2H3,(H,9,10);2*1-3H3;/q;;;;+2/p-2. The van der Waals surface area contributed by atoms with Gasteiger partial charge in [-0.05, 0) is 26.7 Å². The van der Waals surface area contributed by atoms with Crippen molar-refractivity contribution in [1.29, 1.82) is 0 Å². The number of carbonyl (C=O) groups is 2. The molecule has 0 aromatic rings. The second kappa shape index (κ2) is 20.3. The molecule has 2 atom stereocenters. The van der Waals surface area contributed by atoms with Crippen molar-refractivity contribution in [1.82, 2.24) is 0 Å². The minimum absolute atomic E-state index is 0.182. The van der Waals surface area contributed by atoms with Crippen LogP contribution < -0.4 is 10.2 Å². The van der Waals surface area contributed by atoms with Gasteiger partial charge in [-0.2, -0.15) is 0 Å². The predicted octanol–water partition coefficient (Wildman–Crippen LogP) is 3.79. The fourth-order valence-corrected chi connectivity index (χ4v) is 9.27. The normalized spacial score (nSPS) is 13.0. The summed E-state index contributed by atoms with van der Waals surface area (Å²) in [6.07, 6.45) is 3.42. The Kier molecular flexibility index (Phi) is 23.1. The molecule has 0 N–H and O–H groups in total. The van der Waals surface area contributed by atoms with E-state index in [4.69, 9.17) is 9.47 Å². The third-order valence-corrected chi connectivity index (χ3v) is 7.93. The third kappa shape index (κ3) is 29.7. The van der Waals surface area contributed by atoms with Gasteiger partial charge in [-0.3, -0.25) is 0 Å². The predicted molar refractivity (Wildman–Crippen MR) is 125 cm³/mol. The van der Waals surface area contributed by atoms with E-state index in [0.717, 1.165) is 25.7 Å².